The van der Waals surface area contributed by atoms with Gasteiger partial charge in [0.2, 0.25) is 5.88 Å². The first-order valence-corrected chi connectivity index (χ1v) is 12.2. The largest absolute Gasteiger partial charge is 0.493 e. The first-order valence-electron chi connectivity index (χ1n) is 12.2. The van der Waals surface area contributed by atoms with Crippen molar-refractivity contribution in [2.45, 2.75) is 32.0 Å². The van der Waals surface area contributed by atoms with Crippen LogP contribution in [0, 0.1) is 0 Å². The number of piperidine rings is 1. The van der Waals surface area contributed by atoms with Crippen LogP contribution in [0.2, 0.25) is 0 Å². The van der Waals surface area contributed by atoms with E-state index in [0.717, 1.165) is 36.7 Å². The molecule has 0 aliphatic carbocycles. The number of hydrogen-bond acceptors (Lipinski definition) is 7. The van der Waals surface area contributed by atoms with Crippen LogP contribution in [0.1, 0.15) is 41.2 Å². The number of aromatic hydroxyl groups is 1. The Bertz CT molecular complexity index is 1430. The molecule has 5 rings (SSSR count). The molecule has 4 aromatic rings. The van der Waals surface area contributed by atoms with Crippen molar-refractivity contribution in [3.63, 3.8) is 0 Å². The molecule has 1 aliphatic heterocycles. The molecule has 9 nitrogen and oxygen atoms in total. The second-order valence-electron chi connectivity index (χ2n) is 8.94. The lowest BCUT2D eigenvalue weighted by Gasteiger charge is -2.36. The van der Waals surface area contributed by atoms with Gasteiger partial charge in [0.1, 0.15) is 0 Å². The number of carbonyl (C=O) groups excluding carboxylic acids is 1. The Labute approximate surface area is 215 Å². The molecule has 1 N–H and O–H groups in total. The molecule has 190 valence electrons. The third-order valence-electron chi connectivity index (χ3n) is 6.79. The minimum absolute atomic E-state index is 0.0272. The summed E-state index contributed by atoms with van der Waals surface area (Å²) in [6.07, 6.45) is 6.95. The Morgan fingerprint density at radius 1 is 1.08 bits per heavy atom. The minimum Gasteiger partial charge on any atom is -0.493 e. The fourth-order valence-corrected chi connectivity index (χ4v) is 4.93. The molecule has 1 saturated heterocycles. The highest BCUT2D eigenvalue weighted by Gasteiger charge is 2.27. The maximum atomic E-state index is 12.8. The van der Waals surface area contributed by atoms with Gasteiger partial charge in [-0.15, -0.1) is 10.2 Å². The number of pyridine rings is 1. The molecule has 0 saturated carbocycles. The van der Waals surface area contributed by atoms with E-state index in [9.17, 15) is 9.90 Å². The zero-order valence-electron chi connectivity index (χ0n) is 20.9. The molecule has 0 radical (unpaired) electrons. The van der Waals surface area contributed by atoms with E-state index in [1.807, 2.05) is 41.1 Å². The number of hydrogen-bond donors (Lipinski definition) is 1. The number of benzene rings is 2. The van der Waals surface area contributed by atoms with Gasteiger partial charge in [-0.3, -0.25) is 19.2 Å². The Kier molecular flexibility index (Phi) is 7.14. The van der Waals surface area contributed by atoms with Gasteiger partial charge in [0.15, 0.2) is 17.2 Å². The zero-order valence-corrected chi connectivity index (χ0v) is 20.9. The van der Waals surface area contributed by atoms with Crippen molar-refractivity contribution < 1.29 is 19.4 Å². The molecule has 2 aromatic carbocycles. The van der Waals surface area contributed by atoms with Crippen LogP contribution in [0.5, 0.6) is 17.4 Å². The van der Waals surface area contributed by atoms with Gasteiger partial charge < -0.3 is 14.6 Å². The van der Waals surface area contributed by atoms with Crippen molar-refractivity contribution in [1.82, 2.24) is 14.5 Å². The van der Waals surface area contributed by atoms with E-state index in [-0.39, 0.29) is 17.6 Å². The van der Waals surface area contributed by atoms with Gasteiger partial charge >= 0.3 is 0 Å². The Balaban J connectivity index is 1.46. The Hall–Kier alpha value is -4.24. The highest BCUT2D eigenvalue weighted by atomic mass is 16.5. The van der Waals surface area contributed by atoms with Crippen LogP contribution in [-0.4, -0.2) is 46.2 Å². The predicted molar refractivity (Wildman–Crippen MR) is 140 cm³/mol. The number of likely N-dealkylation sites (tertiary alicyclic amines) is 1. The summed E-state index contributed by atoms with van der Waals surface area (Å²) in [4.78, 5) is 19.4. The van der Waals surface area contributed by atoms with Gasteiger partial charge in [-0.2, -0.15) is 0 Å². The summed E-state index contributed by atoms with van der Waals surface area (Å²) in [5, 5.41) is 20.1. The highest BCUT2D eigenvalue weighted by Crippen LogP contribution is 2.40. The van der Waals surface area contributed by atoms with Gasteiger partial charge in [-0.1, -0.05) is 30.7 Å². The number of amides is 1. The van der Waals surface area contributed by atoms with E-state index in [1.165, 1.54) is 19.8 Å². The number of fused-ring (bicyclic) bond motifs is 1. The number of para-hydroxylation sites is 1. The van der Waals surface area contributed by atoms with E-state index in [2.05, 4.69) is 26.2 Å². The third-order valence-corrected chi connectivity index (χ3v) is 6.79. The normalized spacial score (nSPS) is 16.3. The first-order chi connectivity index (χ1) is 18.1. The first kappa shape index (κ1) is 24.5. The van der Waals surface area contributed by atoms with E-state index in [1.54, 1.807) is 24.4 Å². The van der Waals surface area contributed by atoms with Crippen molar-refractivity contribution in [2.75, 3.05) is 20.8 Å². The zero-order chi connectivity index (χ0) is 25.8. The fraction of sp³-hybridized carbons (Fsp3) is 0.286. The van der Waals surface area contributed by atoms with Crippen LogP contribution >= 0.6 is 0 Å². The number of aromatic nitrogens is 2. The summed E-state index contributed by atoms with van der Waals surface area (Å²) in [6, 6.07) is 16.7. The van der Waals surface area contributed by atoms with Gasteiger partial charge in [0.05, 0.1) is 26.4 Å². The lowest BCUT2D eigenvalue weighted by Crippen LogP contribution is -2.34. The van der Waals surface area contributed by atoms with Gasteiger partial charge in [0.25, 0.3) is 5.91 Å². The third kappa shape index (κ3) is 4.90. The number of methoxy groups -OCH3 is 2. The molecule has 9 heteroatoms. The van der Waals surface area contributed by atoms with E-state index in [4.69, 9.17) is 9.47 Å². The maximum Gasteiger partial charge on any atom is 0.295 e. The molecule has 0 spiro atoms. The monoisotopic (exact) mass is 499 g/mol. The van der Waals surface area contributed by atoms with Gasteiger partial charge in [-0.25, -0.2) is 0 Å². The van der Waals surface area contributed by atoms with Gasteiger partial charge in [0, 0.05) is 35.9 Å². The van der Waals surface area contributed by atoms with Crippen LogP contribution in [-0.2, 0) is 6.67 Å². The van der Waals surface area contributed by atoms with Crippen molar-refractivity contribution >= 4 is 22.5 Å². The summed E-state index contributed by atoms with van der Waals surface area (Å²) in [6.45, 7) is 1.38. The summed E-state index contributed by atoms with van der Waals surface area (Å²) in [5.74, 6) is 0.358. The van der Waals surface area contributed by atoms with Crippen molar-refractivity contribution in [3.05, 3.63) is 78.1 Å². The smallest absolute Gasteiger partial charge is 0.295 e. The van der Waals surface area contributed by atoms with E-state index < -0.39 is 5.91 Å². The summed E-state index contributed by atoms with van der Waals surface area (Å²) in [5.41, 5.74) is 2.55. The van der Waals surface area contributed by atoms with Crippen LogP contribution in [0.25, 0.3) is 10.9 Å². The van der Waals surface area contributed by atoms with Crippen molar-refractivity contribution in [3.8, 4) is 17.4 Å². The number of rotatable bonds is 7. The van der Waals surface area contributed by atoms with E-state index >= 15 is 0 Å². The second-order valence-corrected chi connectivity index (χ2v) is 8.94. The molecule has 0 bridgehead atoms. The number of ether oxygens (including phenoxy) is 2. The average molecular weight is 500 g/mol. The molecule has 1 aliphatic rings. The quantitative estimate of drug-likeness (QED) is 0.319. The summed E-state index contributed by atoms with van der Waals surface area (Å²) < 4.78 is 12.3. The van der Waals surface area contributed by atoms with Crippen LogP contribution in [0.4, 0.5) is 5.69 Å². The summed E-state index contributed by atoms with van der Waals surface area (Å²) in [7, 11) is 3.03. The molecule has 1 atom stereocenters. The molecular formula is C28H29N5O4. The average Bonchev–Trinajstić information content (AvgIpc) is 3.22. The molecule has 3 heterocycles. The van der Waals surface area contributed by atoms with Crippen LogP contribution in [0.3, 0.4) is 0 Å². The molecule has 37 heavy (non-hydrogen) atoms. The van der Waals surface area contributed by atoms with Crippen molar-refractivity contribution in [2.24, 2.45) is 10.2 Å². The SMILES string of the molecule is COc1ccc(C(=O)N=Nc2c(O)n(CN3CCCC[C@H]3c3cccnc3)c3ccccc23)cc1OC. The number of carbonyl (C=O) groups is 1. The topological polar surface area (TPSA) is 102 Å². The molecule has 0 unspecified atom stereocenters. The highest BCUT2D eigenvalue weighted by molar-refractivity contribution is 5.97. The standard InChI is InChI=1S/C28H29N5O4/c1-36-24-13-12-19(16-25(24)37-2)27(34)31-30-26-21-9-3-4-11-23(21)33(28(26)35)18-32-15-6-5-10-22(32)20-8-7-14-29-17-20/h3-4,7-9,11-14,16-17,22,35H,5-6,10,15,18H2,1-2H3/t22-/m0/s1. The van der Waals surface area contributed by atoms with E-state index in [0.29, 0.717) is 23.7 Å². The van der Waals surface area contributed by atoms with Crippen molar-refractivity contribution in [1.29, 1.82) is 0 Å². The second kappa shape index (κ2) is 10.8. The van der Waals surface area contributed by atoms with Gasteiger partial charge in [-0.05, 0) is 48.7 Å². The predicted octanol–water partition coefficient (Wildman–Crippen LogP) is 5.87. The lowest BCUT2D eigenvalue weighted by atomic mass is 9.97. The minimum atomic E-state index is -0.551. The number of azo groups is 1. The molecule has 1 fully saturated rings. The Morgan fingerprint density at radius 2 is 1.92 bits per heavy atom. The lowest BCUT2D eigenvalue weighted by molar-refractivity contribution is 0.0994. The maximum absolute atomic E-state index is 12.8. The Morgan fingerprint density at radius 3 is 2.70 bits per heavy atom. The summed E-state index contributed by atoms with van der Waals surface area (Å²) >= 11 is 0. The fourth-order valence-electron chi connectivity index (χ4n) is 4.93. The molecule has 1 amide bonds. The molecule has 2 aromatic heterocycles. The molecular weight excluding hydrogens is 470 g/mol. The van der Waals surface area contributed by atoms with Crippen LogP contribution in [0.15, 0.2) is 77.2 Å². The number of nitrogens with zero attached hydrogens (tertiary/aromatic N) is 5. The van der Waals surface area contributed by atoms with Crippen LogP contribution < -0.4 is 9.47 Å².